The minimum absolute atomic E-state index is 0.0227. The zero-order chi connectivity index (χ0) is 25.8. The normalized spacial score (nSPS) is 14.9. The van der Waals surface area contributed by atoms with Crippen molar-refractivity contribution in [3.05, 3.63) is 105 Å². The van der Waals surface area contributed by atoms with Gasteiger partial charge in [0.2, 0.25) is 0 Å². The molecule has 2 unspecified atom stereocenters. The summed E-state index contributed by atoms with van der Waals surface area (Å²) in [6.45, 7) is 11.8. The maximum absolute atomic E-state index is 15.1. The Morgan fingerprint density at radius 3 is 2.24 bits per heavy atom. The minimum Gasteiger partial charge on any atom is -0.404 e. The van der Waals surface area contributed by atoms with Gasteiger partial charge in [0.25, 0.3) is 0 Å². The van der Waals surface area contributed by atoms with Crippen LogP contribution in [0, 0.1) is 11.7 Å². The zero-order valence-corrected chi connectivity index (χ0v) is 22.4. The number of allylic oxidation sites excluding steroid dienone is 3. The number of hydrogen-bond donors (Lipinski definition) is 2. The van der Waals surface area contributed by atoms with E-state index in [1.807, 2.05) is 52.0 Å². The molecule has 184 valence electrons. The highest BCUT2D eigenvalue weighted by Gasteiger charge is 2.28. The maximum atomic E-state index is 15.1. The van der Waals surface area contributed by atoms with Crippen molar-refractivity contribution in [2.24, 2.45) is 11.7 Å². The number of aliphatic hydroxyl groups is 1. The van der Waals surface area contributed by atoms with Crippen LogP contribution in [0.1, 0.15) is 59.1 Å². The summed E-state index contributed by atoms with van der Waals surface area (Å²) in [6.07, 6.45) is 6.41. The van der Waals surface area contributed by atoms with Gasteiger partial charge in [-0.3, -0.25) is 0 Å². The largest absolute Gasteiger partial charge is 0.404 e. The van der Waals surface area contributed by atoms with E-state index in [2.05, 4.69) is 13.8 Å². The highest BCUT2D eigenvalue weighted by atomic mass is 35.5. The number of halogens is 3. The molecule has 0 aromatic heterocycles. The summed E-state index contributed by atoms with van der Waals surface area (Å²) < 4.78 is 15.1. The molecule has 2 atom stereocenters. The van der Waals surface area contributed by atoms with E-state index >= 15 is 4.39 Å². The smallest absolute Gasteiger partial charge is 0.132 e. The summed E-state index contributed by atoms with van der Waals surface area (Å²) in [4.78, 5) is 0. The third kappa shape index (κ3) is 7.09. The van der Waals surface area contributed by atoms with Gasteiger partial charge in [0.05, 0.1) is 0 Å². The fourth-order valence-electron chi connectivity index (χ4n) is 3.76. The van der Waals surface area contributed by atoms with E-state index < -0.39 is 11.9 Å². The molecule has 0 bridgehead atoms. The molecule has 0 spiro atoms. The first-order valence-electron chi connectivity index (χ1n) is 11.6. The molecular formula is C29H36Cl2FNO. The van der Waals surface area contributed by atoms with Crippen molar-refractivity contribution in [3.63, 3.8) is 0 Å². The lowest BCUT2D eigenvalue weighted by Gasteiger charge is -2.28. The van der Waals surface area contributed by atoms with Gasteiger partial charge in [-0.05, 0) is 78.9 Å². The molecule has 3 N–H and O–H groups in total. The lowest BCUT2D eigenvalue weighted by Crippen LogP contribution is -2.20. The van der Waals surface area contributed by atoms with Crippen molar-refractivity contribution < 1.29 is 9.50 Å². The van der Waals surface area contributed by atoms with E-state index in [-0.39, 0.29) is 5.92 Å². The molecule has 0 fully saturated rings. The fraction of sp³-hybridized carbons (Fsp3) is 0.310. The zero-order valence-electron chi connectivity index (χ0n) is 20.9. The Kier molecular flexibility index (Phi) is 13.0. The van der Waals surface area contributed by atoms with E-state index in [9.17, 15) is 5.11 Å². The summed E-state index contributed by atoms with van der Waals surface area (Å²) in [6, 6.07) is 12.0. The topological polar surface area (TPSA) is 46.2 Å². The van der Waals surface area contributed by atoms with E-state index in [0.717, 1.165) is 17.6 Å². The van der Waals surface area contributed by atoms with E-state index in [1.54, 1.807) is 30.4 Å². The van der Waals surface area contributed by atoms with Gasteiger partial charge in [-0.1, -0.05) is 87.3 Å². The summed E-state index contributed by atoms with van der Waals surface area (Å²) in [5, 5.41) is 12.4. The molecule has 34 heavy (non-hydrogen) atoms. The summed E-state index contributed by atoms with van der Waals surface area (Å²) in [7, 11) is 0. The van der Waals surface area contributed by atoms with Crippen LogP contribution < -0.4 is 5.73 Å². The van der Waals surface area contributed by atoms with Gasteiger partial charge >= 0.3 is 0 Å². The highest BCUT2D eigenvalue weighted by Crippen LogP contribution is 2.42. The molecule has 0 heterocycles. The molecule has 2 nitrogen and oxygen atoms in total. The lowest BCUT2D eigenvalue weighted by molar-refractivity contribution is 0.255. The Morgan fingerprint density at radius 2 is 1.74 bits per heavy atom. The van der Waals surface area contributed by atoms with Crippen LogP contribution in [0.5, 0.6) is 0 Å². The summed E-state index contributed by atoms with van der Waals surface area (Å²) in [5.41, 5.74) is 9.48. The van der Waals surface area contributed by atoms with Crippen molar-refractivity contribution in [2.75, 3.05) is 0 Å². The molecule has 0 aliphatic rings. The van der Waals surface area contributed by atoms with Gasteiger partial charge in [-0.25, -0.2) is 4.39 Å². The van der Waals surface area contributed by atoms with E-state index in [0.29, 0.717) is 32.3 Å². The number of nitrogens with two attached hydrogens (primary N) is 1. The van der Waals surface area contributed by atoms with Gasteiger partial charge in [0.15, 0.2) is 0 Å². The van der Waals surface area contributed by atoms with Crippen LogP contribution >= 0.6 is 23.2 Å². The second-order valence-electron chi connectivity index (χ2n) is 7.51. The first-order chi connectivity index (χ1) is 16.3. The van der Waals surface area contributed by atoms with Crippen molar-refractivity contribution in [1.29, 1.82) is 0 Å². The average molecular weight is 505 g/mol. The van der Waals surface area contributed by atoms with Crippen molar-refractivity contribution in [2.45, 2.75) is 54.1 Å². The van der Waals surface area contributed by atoms with Crippen LogP contribution in [0.3, 0.4) is 0 Å². The molecule has 2 rings (SSSR count). The van der Waals surface area contributed by atoms with Crippen LogP contribution in [0.15, 0.2) is 78.0 Å². The molecule has 0 radical (unpaired) electrons. The highest BCUT2D eigenvalue weighted by molar-refractivity contribution is 6.32. The SMILES string of the molecule is C/C=C\C(=C/N)C(O)C(=C(\c1ccccc1Cl)C(C)CC)/C(=C\C)c1ccc(Cl)cc1F.CC. The quantitative estimate of drug-likeness (QED) is 0.353. The Balaban J connectivity index is 0.00000281. The number of aliphatic hydroxyl groups excluding tert-OH is 1. The maximum Gasteiger partial charge on any atom is 0.132 e. The van der Waals surface area contributed by atoms with Crippen molar-refractivity contribution >= 4 is 34.3 Å². The van der Waals surface area contributed by atoms with E-state index in [4.69, 9.17) is 28.9 Å². The Morgan fingerprint density at radius 1 is 1.09 bits per heavy atom. The van der Waals surface area contributed by atoms with Crippen LogP contribution in [-0.2, 0) is 0 Å². The number of benzene rings is 2. The summed E-state index contributed by atoms with van der Waals surface area (Å²) in [5.74, 6) is -0.447. The van der Waals surface area contributed by atoms with Crippen LogP contribution in [0.4, 0.5) is 4.39 Å². The number of rotatable bonds is 8. The first kappa shape index (κ1) is 29.7. The molecule has 0 amide bonds. The standard InChI is InChI=1S/C27H30Cl2FNO.C2H6/c1-5-10-18(16-31)27(32)26(20(7-3)21-14-13-19(28)15-24(21)30)25(17(4)6-2)22-11-8-9-12-23(22)29;1-2/h5,7-17,27,32H,6,31H2,1-4H3;1-2H3/b10-5-,18-16+,20-7-,26-25-;. The van der Waals surface area contributed by atoms with Gasteiger partial charge < -0.3 is 10.8 Å². The van der Waals surface area contributed by atoms with Gasteiger partial charge in [-0.15, -0.1) is 0 Å². The van der Waals surface area contributed by atoms with Gasteiger partial charge in [0.1, 0.15) is 11.9 Å². The molecule has 0 saturated heterocycles. The predicted molar refractivity (Wildman–Crippen MR) is 147 cm³/mol. The third-order valence-electron chi connectivity index (χ3n) is 5.50. The first-order valence-corrected chi connectivity index (χ1v) is 12.4. The summed E-state index contributed by atoms with van der Waals surface area (Å²) >= 11 is 12.6. The molecule has 2 aromatic rings. The predicted octanol–water partition coefficient (Wildman–Crippen LogP) is 8.84. The van der Waals surface area contributed by atoms with Crippen LogP contribution in [-0.4, -0.2) is 11.2 Å². The average Bonchev–Trinajstić information content (AvgIpc) is 2.84. The van der Waals surface area contributed by atoms with Crippen LogP contribution in [0.2, 0.25) is 10.0 Å². The molecule has 5 heteroatoms. The molecule has 2 aromatic carbocycles. The Labute approximate surface area is 214 Å². The van der Waals surface area contributed by atoms with E-state index in [1.165, 1.54) is 12.3 Å². The van der Waals surface area contributed by atoms with Crippen molar-refractivity contribution in [1.82, 2.24) is 0 Å². The number of hydrogen-bond acceptors (Lipinski definition) is 2. The Bertz CT molecular complexity index is 1070. The molecule has 0 aliphatic carbocycles. The second-order valence-corrected chi connectivity index (χ2v) is 8.36. The molecule has 0 aliphatic heterocycles. The minimum atomic E-state index is -1.10. The van der Waals surface area contributed by atoms with Gasteiger partial charge in [0, 0.05) is 21.2 Å². The molecular weight excluding hydrogens is 468 g/mol. The third-order valence-corrected chi connectivity index (χ3v) is 6.06. The fourth-order valence-corrected chi connectivity index (χ4v) is 4.16. The second kappa shape index (κ2) is 14.8. The molecule has 0 saturated carbocycles. The van der Waals surface area contributed by atoms with Crippen LogP contribution in [0.25, 0.3) is 11.1 Å². The van der Waals surface area contributed by atoms with Gasteiger partial charge in [-0.2, -0.15) is 0 Å². The Hall–Kier alpha value is -2.33. The lowest BCUT2D eigenvalue weighted by atomic mass is 9.79. The van der Waals surface area contributed by atoms with Crippen molar-refractivity contribution in [3.8, 4) is 0 Å². The monoisotopic (exact) mass is 503 g/mol.